The van der Waals surface area contributed by atoms with Gasteiger partial charge in [0.05, 0.1) is 5.69 Å². The standard InChI is InChI=1S/C13H11F3N2/c1-8-4-9(6-17-5-8)7-18-11-3-2-10(14)12(15)13(11)16/h2-6,18H,7H2,1H3. The number of rotatable bonds is 3. The van der Waals surface area contributed by atoms with Crippen molar-refractivity contribution in [3.8, 4) is 0 Å². The molecule has 1 aromatic heterocycles. The highest BCUT2D eigenvalue weighted by molar-refractivity contribution is 5.45. The highest BCUT2D eigenvalue weighted by atomic mass is 19.2. The molecule has 2 rings (SSSR count). The van der Waals surface area contributed by atoms with Gasteiger partial charge in [-0.2, -0.15) is 0 Å². The molecule has 1 heterocycles. The van der Waals surface area contributed by atoms with Gasteiger partial charge in [-0.3, -0.25) is 4.98 Å². The fourth-order valence-corrected chi connectivity index (χ4v) is 1.57. The van der Waals surface area contributed by atoms with Crippen molar-refractivity contribution in [1.29, 1.82) is 0 Å². The number of hydrogen-bond acceptors (Lipinski definition) is 2. The topological polar surface area (TPSA) is 24.9 Å². The molecule has 5 heteroatoms. The Bertz CT molecular complexity index is 570. The zero-order valence-electron chi connectivity index (χ0n) is 9.67. The monoisotopic (exact) mass is 252 g/mol. The lowest BCUT2D eigenvalue weighted by Gasteiger charge is -2.08. The van der Waals surface area contributed by atoms with Gasteiger partial charge in [-0.25, -0.2) is 13.2 Å². The number of aryl methyl sites for hydroxylation is 1. The van der Waals surface area contributed by atoms with Gasteiger partial charge in [-0.05, 0) is 30.2 Å². The Morgan fingerprint density at radius 3 is 2.61 bits per heavy atom. The summed E-state index contributed by atoms with van der Waals surface area (Å²) in [6.45, 7) is 2.17. The van der Waals surface area contributed by atoms with E-state index in [0.29, 0.717) is 0 Å². The van der Waals surface area contributed by atoms with Crippen molar-refractivity contribution >= 4 is 5.69 Å². The number of anilines is 1. The quantitative estimate of drug-likeness (QED) is 0.847. The molecule has 1 N–H and O–H groups in total. The number of nitrogens with zero attached hydrogens (tertiary/aromatic N) is 1. The van der Waals surface area contributed by atoms with Crippen LogP contribution in [-0.4, -0.2) is 4.98 Å². The molecule has 0 unspecified atom stereocenters. The fourth-order valence-electron chi connectivity index (χ4n) is 1.57. The summed E-state index contributed by atoms with van der Waals surface area (Å²) >= 11 is 0. The first-order valence-electron chi connectivity index (χ1n) is 5.36. The number of halogens is 3. The van der Waals surface area contributed by atoms with Crippen LogP contribution in [0.1, 0.15) is 11.1 Å². The summed E-state index contributed by atoms with van der Waals surface area (Å²) in [7, 11) is 0. The Morgan fingerprint density at radius 1 is 1.11 bits per heavy atom. The van der Waals surface area contributed by atoms with Crippen LogP contribution < -0.4 is 5.32 Å². The molecule has 0 spiro atoms. The maximum Gasteiger partial charge on any atom is 0.196 e. The van der Waals surface area contributed by atoms with E-state index in [0.717, 1.165) is 23.3 Å². The lowest BCUT2D eigenvalue weighted by Crippen LogP contribution is -2.04. The molecule has 0 fully saturated rings. The van der Waals surface area contributed by atoms with Crippen molar-refractivity contribution in [2.75, 3.05) is 5.32 Å². The Hall–Kier alpha value is -2.04. The lowest BCUT2D eigenvalue weighted by molar-refractivity contribution is 0.449. The van der Waals surface area contributed by atoms with Crippen molar-refractivity contribution in [3.05, 3.63) is 59.2 Å². The highest BCUT2D eigenvalue weighted by Gasteiger charge is 2.12. The van der Waals surface area contributed by atoms with E-state index < -0.39 is 17.5 Å². The molecule has 0 bridgehead atoms. The molecule has 0 amide bonds. The van der Waals surface area contributed by atoms with E-state index in [9.17, 15) is 13.2 Å². The minimum atomic E-state index is -1.47. The molecule has 0 radical (unpaired) electrons. The van der Waals surface area contributed by atoms with Gasteiger partial charge in [-0.1, -0.05) is 6.07 Å². The lowest BCUT2D eigenvalue weighted by atomic mass is 10.2. The van der Waals surface area contributed by atoms with Gasteiger partial charge >= 0.3 is 0 Å². The van der Waals surface area contributed by atoms with Crippen LogP contribution in [0.5, 0.6) is 0 Å². The molecule has 0 aliphatic heterocycles. The van der Waals surface area contributed by atoms with Crippen molar-refractivity contribution < 1.29 is 13.2 Å². The Balaban J connectivity index is 2.14. The number of benzene rings is 1. The molecule has 2 aromatic rings. The minimum absolute atomic E-state index is 0.0737. The van der Waals surface area contributed by atoms with Crippen LogP contribution in [0.25, 0.3) is 0 Å². The smallest absolute Gasteiger partial charge is 0.196 e. The predicted octanol–water partition coefficient (Wildman–Crippen LogP) is 3.42. The van der Waals surface area contributed by atoms with Gasteiger partial charge in [0.1, 0.15) is 0 Å². The molecular weight excluding hydrogens is 241 g/mol. The molecule has 0 atom stereocenters. The van der Waals surface area contributed by atoms with E-state index >= 15 is 0 Å². The molecule has 0 aliphatic rings. The van der Waals surface area contributed by atoms with Gasteiger partial charge < -0.3 is 5.32 Å². The van der Waals surface area contributed by atoms with Crippen LogP contribution in [0.3, 0.4) is 0 Å². The van der Waals surface area contributed by atoms with Gasteiger partial charge in [0.15, 0.2) is 17.5 Å². The molecule has 0 aliphatic carbocycles. The van der Waals surface area contributed by atoms with Gasteiger partial charge in [0.25, 0.3) is 0 Å². The molecular formula is C13H11F3N2. The number of aromatic nitrogens is 1. The minimum Gasteiger partial charge on any atom is -0.378 e. The van der Waals surface area contributed by atoms with E-state index in [1.807, 2.05) is 13.0 Å². The fraction of sp³-hybridized carbons (Fsp3) is 0.154. The summed E-state index contributed by atoms with van der Waals surface area (Å²) in [5, 5.41) is 2.70. The summed E-state index contributed by atoms with van der Waals surface area (Å²) < 4.78 is 39.1. The Kier molecular flexibility index (Phi) is 3.50. The summed E-state index contributed by atoms with van der Waals surface area (Å²) in [4.78, 5) is 3.98. The molecule has 18 heavy (non-hydrogen) atoms. The third kappa shape index (κ3) is 2.61. The van der Waals surface area contributed by atoms with Crippen molar-refractivity contribution in [3.63, 3.8) is 0 Å². The first-order chi connectivity index (χ1) is 8.58. The average Bonchev–Trinajstić information content (AvgIpc) is 2.35. The third-order valence-corrected chi connectivity index (χ3v) is 2.45. The van der Waals surface area contributed by atoms with E-state index in [1.165, 1.54) is 0 Å². The molecule has 0 saturated carbocycles. The largest absolute Gasteiger partial charge is 0.378 e. The van der Waals surface area contributed by atoms with E-state index in [4.69, 9.17) is 0 Å². The van der Waals surface area contributed by atoms with E-state index in [2.05, 4.69) is 10.3 Å². The molecule has 0 saturated heterocycles. The van der Waals surface area contributed by atoms with Gasteiger partial charge in [0.2, 0.25) is 0 Å². The summed E-state index contributed by atoms with van der Waals surface area (Å²) in [5.41, 5.74) is 1.73. The second-order valence-corrected chi connectivity index (χ2v) is 3.95. The Labute approximate surface area is 102 Å². The van der Waals surface area contributed by atoms with Crippen LogP contribution in [0, 0.1) is 24.4 Å². The van der Waals surface area contributed by atoms with Gasteiger partial charge in [-0.15, -0.1) is 0 Å². The third-order valence-electron chi connectivity index (χ3n) is 2.45. The second kappa shape index (κ2) is 5.08. The normalized spacial score (nSPS) is 10.4. The summed E-state index contributed by atoms with van der Waals surface area (Å²) in [6, 6.07) is 3.92. The molecule has 2 nitrogen and oxygen atoms in total. The molecule has 1 aromatic carbocycles. The summed E-state index contributed by atoms with van der Waals surface area (Å²) in [6.07, 6.45) is 3.32. The average molecular weight is 252 g/mol. The first-order valence-corrected chi connectivity index (χ1v) is 5.36. The Morgan fingerprint density at radius 2 is 1.89 bits per heavy atom. The zero-order valence-corrected chi connectivity index (χ0v) is 9.67. The van der Waals surface area contributed by atoms with E-state index in [1.54, 1.807) is 12.4 Å². The van der Waals surface area contributed by atoms with Crippen LogP contribution in [0.4, 0.5) is 18.9 Å². The predicted molar refractivity (Wildman–Crippen MR) is 62.6 cm³/mol. The highest BCUT2D eigenvalue weighted by Crippen LogP contribution is 2.20. The van der Waals surface area contributed by atoms with Crippen molar-refractivity contribution in [2.45, 2.75) is 13.5 Å². The van der Waals surface area contributed by atoms with Crippen LogP contribution in [0.2, 0.25) is 0 Å². The number of pyridine rings is 1. The maximum atomic E-state index is 13.4. The SMILES string of the molecule is Cc1cncc(CNc2ccc(F)c(F)c2F)c1. The van der Waals surface area contributed by atoms with E-state index in [-0.39, 0.29) is 12.2 Å². The van der Waals surface area contributed by atoms with Gasteiger partial charge in [0, 0.05) is 18.9 Å². The number of nitrogens with one attached hydrogen (secondary N) is 1. The zero-order chi connectivity index (χ0) is 13.1. The molecule has 94 valence electrons. The van der Waals surface area contributed by atoms with Crippen LogP contribution >= 0.6 is 0 Å². The van der Waals surface area contributed by atoms with Crippen molar-refractivity contribution in [1.82, 2.24) is 4.98 Å². The maximum absolute atomic E-state index is 13.4. The second-order valence-electron chi connectivity index (χ2n) is 3.95. The summed E-state index contributed by atoms with van der Waals surface area (Å²) in [5.74, 6) is -3.88. The van der Waals surface area contributed by atoms with Crippen LogP contribution in [0.15, 0.2) is 30.6 Å². The van der Waals surface area contributed by atoms with Crippen LogP contribution in [-0.2, 0) is 6.54 Å². The number of hydrogen-bond donors (Lipinski definition) is 1. The van der Waals surface area contributed by atoms with Crippen molar-refractivity contribution in [2.24, 2.45) is 0 Å². The first kappa shape index (κ1) is 12.4.